The highest BCUT2D eigenvalue weighted by Crippen LogP contribution is 2.45. The predicted molar refractivity (Wildman–Crippen MR) is 99.7 cm³/mol. The zero-order chi connectivity index (χ0) is 18.1. The average molecular weight is 356 g/mol. The molecule has 1 saturated heterocycles. The number of carbonyl (C=O) groups excluding carboxylic acids is 2. The van der Waals surface area contributed by atoms with E-state index in [1.54, 1.807) is 18.2 Å². The fraction of sp³-hybridized carbons (Fsp3) is 0.217. The maximum Gasteiger partial charge on any atom is 0.200 e. The number of carbonyl (C=O) groups is 2. The quantitative estimate of drug-likeness (QED) is 0.621. The summed E-state index contributed by atoms with van der Waals surface area (Å²) in [5.74, 6) is 0.718. The monoisotopic (exact) mass is 356 g/mol. The van der Waals surface area contributed by atoms with Crippen LogP contribution in [0.2, 0.25) is 0 Å². The van der Waals surface area contributed by atoms with Crippen molar-refractivity contribution in [3.8, 4) is 5.75 Å². The van der Waals surface area contributed by atoms with Crippen LogP contribution in [0.3, 0.4) is 0 Å². The molecular weight excluding hydrogens is 340 g/mol. The fourth-order valence-electron chi connectivity index (χ4n) is 4.49. The van der Waals surface area contributed by atoms with Crippen LogP contribution < -0.4 is 15.2 Å². The highest BCUT2D eigenvalue weighted by atomic mass is 16.7. The summed E-state index contributed by atoms with van der Waals surface area (Å²) in [6.45, 7) is 0. The minimum absolute atomic E-state index is 0.0243. The van der Waals surface area contributed by atoms with Gasteiger partial charge in [-0.3, -0.25) is 9.59 Å². The van der Waals surface area contributed by atoms with E-state index in [4.69, 9.17) is 9.47 Å². The van der Waals surface area contributed by atoms with E-state index in [1.807, 2.05) is 30.3 Å². The van der Waals surface area contributed by atoms with Crippen molar-refractivity contribution >= 4 is 29.8 Å². The lowest BCUT2D eigenvalue weighted by Crippen LogP contribution is -2.34. The third-order valence-electron chi connectivity index (χ3n) is 5.81. The van der Waals surface area contributed by atoms with Gasteiger partial charge in [-0.25, -0.2) is 0 Å². The molecule has 0 amide bonds. The summed E-state index contributed by atoms with van der Waals surface area (Å²) in [7, 11) is 0. The van der Waals surface area contributed by atoms with Crippen LogP contribution in [0.4, 0.5) is 0 Å². The molecule has 2 bridgehead atoms. The Balaban J connectivity index is 1.62. The third-order valence-corrected chi connectivity index (χ3v) is 5.81. The van der Waals surface area contributed by atoms with Gasteiger partial charge >= 0.3 is 0 Å². The first kappa shape index (κ1) is 15.1. The second-order valence-electron chi connectivity index (χ2n) is 7.47. The minimum atomic E-state index is -0.222. The first-order valence-corrected chi connectivity index (χ1v) is 9.31. The molecule has 0 saturated carbocycles. The molecule has 2 atom stereocenters. The summed E-state index contributed by atoms with van der Waals surface area (Å²) in [6.07, 6.45) is 9.76. The number of ketones is 2. The van der Waals surface area contributed by atoms with Crippen molar-refractivity contribution in [1.82, 2.24) is 0 Å². The van der Waals surface area contributed by atoms with Gasteiger partial charge in [0.25, 0.3) is 0 Å². The molecule has 2 unspecified atom stereocenters. The van der Waals surface area contributed by atoms with Crippen LogP contribution in [0.1, 0.15) is 58.0 Å². The normalized spacial score (nSPS) is 23.9. The number of allylic oxidation sites excluding steroid dienone is 1. The van der Waals surface area contributed by atoms with E-state index < -0.39 is 0 Å². The van der Waals surface area contributed by atoms with Gasteiger partial charge in [0.05, 0.1) is 6.10 Å². The van der Waals surface area contributed by atoms with Crippen LogP contribution in [-0.2, 0) is 9.53 Å². The summed E-state index contributed by atoms with van der Waals surface area (Å²) in [5, 5.41) is 1.66. The Labute approximate surface area is 155 Å². The Morgan fingerprint density at radius 3 is 2.78 bits per heavy atom. The molecule has 6 rings (SSSR count). The topological polar surface area (TPSA) is 52.6 Å². The molecular formula is C23H16O4. The molecule has 2 heterocycles. The maximum atomic E-state index is 13.2. The van der Waals surface area contributed by atoms with Crippen molar-refractivity contribution in [3.05, 3.63) is 68.6 Å². The molecule has 0 N–H and O–H groups in total. The van der Waals surface area contributed by atoms with Crippen LogP contribution in [-0.4, -0.2) is 17.9 Å². The van der Waals surface area contributed by atoms with Gasteiger partial charge in [-0.1, -0.05) is 12.1 Å². The second-order valence-corrected chi connectivity index (χ2v) is 7.47. The number of fused-ring (bicyclic) bond motifs is 8. The van der Waals surface area contributed by atoms with E-state index in [0.29, 0.717) is 11.1 Å². The zero-order valence-electron chi connectivity index (χ0n) is 14.5. The molecule has 2 aromatic rings. The van der Waals surface area contributed by atoms with Crippen molar-refractivity contribution < 1.29 is 19.1 Å². The SMILES string of the molecule is O=C1C=Cc2cc3c(cc2=C1)C(=O)c1ccc2c(c1C=3)OC1CCCC2O1. The number of benzene rings is 2. The molecule has 0 aromatic heterocycles. The molecule has 4 aliphatic rings. The molecule has 1 fully saturated rings. The molecule has 0 radical (unpaired) electrons. The van der Waals surface area contributed by atoms with Crippen LogP contribution in [0.25, 0.3) is 18.2 Å². The largest absolute Gasteiger partial charge is 0.464 e. The predicted octanol–water partition coefficient (Wildman–Crippen LogP) is 2.40. The molecule has 4 heteroatoms. The first-order chi connectivity index (χ1) is 13.2. The van der Waals surface area contributed by atoms with Crippen molar-refractivity contribution in [2.75, 3.05) is 0 Å². The molecule has 2 aliphatic carbocycles. The Hall–Kier alpha value is -2.98. The van der Waals surface area contributed by atoms with E-state index in [2.05, 4.69) is 0 Å². The molecule has 4 nitrogen and oxygen atoms in total. The summed E-state index contributed by atoms with van der Waals surface area (Å²) in [5.41, 5.74) is 4.12. The number of hydrogen-bond acceptors (Lipinski definition) is 4. The Kier molecular flexibility index (Phi) is 2.95. The Morgan fingerprint density at radius 1 is 0.926 bits per heavy atom. The standard InChI is InChI=1S/C23H16O4/c24-15-5-4-12-8-14-11-19-16(22(25)18(14)10-13(12)9-15)6-7-17-20-2-1-3-21(26-20)27-23(17)19/h4-11,20-21H,1-3H2. The lowest BCUT2D eigenvalue weighted by atomic mass is 9.85. The maximum absolute atomic E-state index is 13.2. The smallest absolute Gasteiger partial charge is 0.200 e. The van der Waals surface area contributed by atoms with E-state index in [9.17, 15) is 9.59 Å². The lowest BCUT2D eigenvalue weighted by Gasteiger charge is -2.38. The molecule has 27 heavy (non-hydrogen) atoms. The number of rotatable bonds is 0. The van der Waals surface area contributed by atoms with Gasteiger partial charge in [-0.05, 0) is 65.3 Å². The van der Waals surface area contributed by atoms with Gasteiger partial charge in [-0.15, -0.1) is 0 Å². The van der Waals surface area contributed by atoms with Crippen molar-refractivity contribution in [1.29, 1.82) is 0 Å². The molecule has 0 spiro atoms. The van der Waals surface area contributed by atoms with Crippen molar-refractivity contribution in [2.24, 2.45) is 0 Å². The van der Waals surface area contributed by atoms with E-state index in [-0.39, 0.29) is 24.0 Å². The minimum Gasteiger partial charge on any atom is -0.464 e. The molecule has 132 valence electrons. The van der Waals surface area contributed by atoms with E-state index >= 15 is 0 Å². The van der Waals surface area contributed by atoms with Gasteiger partial charge in [0, 0.05) is 28.7 Å². The highest BCUT2D eigenvalue weighted by Gasteiger charge is 2.35. The van der Waals surface area contributed by atoms with E-state index in [0.717, 1.165) is 52.1 Å². The highest BCUT2D eigenvalue weighted by molar-refractivity contribution is 6.18. The third kappa shape index (κ3) is 2.14. The number of hydrogen-bond donors (Lipinski definition) is 0. The van der Waals surface area contributed by atoms with Crippen LogP contribution in [0, 0.1) is 0 Å². The second kappa shape index (κ2) is 5.27. The fourth-order valence-corrected chi connectivity index (χ4v) is 4.49. The van der Waals surface area contributed by atoms with Gasteiger partial charge in [0.15, 0.2) is 11.6 Å². The lowest BCUT2D eigenvalue weighted by molar-refractivity contribution is -0.167. The number of ether oxygens (including phenoxy) is 2. The van der Waals surface area contributed by atoms with Gasteiger partial charge in [-0.2, -0.15) is 0 Å². The van der Waals surface area contributed by atoms with Crippen LogP contribution >= 0.6 is 0 Å². The first-order valence-electron chi connectivity index (χ1n) is 9.31. The zero-order valence-corrected chi connectivity index (χ0v) is 14.5. The van der Waals surface area contributed by atoms with Crippen LogP contribution in [0.15, 0.2) is 30.3 Å². The summed E-state index contributed by atoms with van der Waals surface area (Å²) in [6, 6.07) is 7.65. The molecule has 2 aliphatic heterocycles. The van der Waals surface area contributed by atoms with Crippen molar-refractivity contribution in [3.63, 3.8) is 0 Å². The summed E-state index contributed by atoms with van der Waals surface area (Å²) < 4.78 is 12.1. The van der Waals surface area contributed by atoms with Gasteiger partial charge in [0.2, 0.25) is 6.29 Å². The van der Waals surface area contributed by atoms with Crippen molar-refractivity contribution in [2.45, 2.75) is 31.7 Å². The van der Waals surface area contributed by atoms with Crippen LogP contribution in [0.5, 0.6) is 5.75 Å². The van der Waals surface area contributed by atoms with E-state index in [1.165, 1.54) is 0 Å². The van der Waals surface area contributed by atoms with Gasteiger partial charge in [0.1, 0.15) is 5.75 Å². The summed E-state index contributed by atoms with van der Waals surface area (Å²) in [4.78, 5) is 24.9. The van der Waals surface area contributed by atoms with Gasteiger partial charge < -0.3 is 9.47 Å². The summed E-state index contributed by atoms with van der Waals surface area (Å²) >= 11 is 0. The average Bonchev–Trinajstić information content (AvgIpc) is 2.67. The Bertz CT molecular complexity index is 1200. The Morgan fingerprint density at radius 2 is 1.85 bits per heavy atom. The molecule has 2 aromatic carbocycles.